The van der Waals surface area contributed by atoms with Crippen LogP contribution in [-0.4, -0.2) is 22.4 Å². The lowest BCUT2D eigenvalue weighted by Crippen LogP contribution is -2.29. The van der Waals surface area contributed by atoms with E-state index in [2.05, 4.69) is 9.82 Å². The van der Waals surface area contributed by atoms with Gasteiger partial charge in [-0.3, -0.25) is 24.5 Å². The van der Waals surface area contributed by atoms with Crippen LogP contribution in [0.4, 0.5) is 5.69 Å². The van der Waals surface area contributed by atoms with E-state index in [4.69, 9.17) is 0 Å². The molecule has 1 amide bonds. The van der Waals surface area contributed by atoms with Gasteiger partial charge in [0.2, 0.25) is 0 Å². The second kappa shape index (κ2) is 5.03. The van der Waals surface area contributed by atoms with Crippen molar-refractivity contribution in [3.05, 3.63) is 38.3 Å². The van der Waals surface area contributed by atoms with Gasteiger partial charge in [0.1, 0.15) is 5.56 Å². The number of hydrogen-bond donors (Lipinski definition) is 2. The minimum Gasteiger partial charge on any atom is -0.322 e. The summed E-state index contributed by atoms with van der Waals surface area (Å²) in [4.78, 5) is 38.9. The first-order chi connectivity index (χ1) is 7.56. The van der Waals surface area contributed by atoms with Crippen LogP contribution in [0.1, 0.15) is 17.3 Å². The molecule has 0 radical (unpaired) electrons. The first-order valence-electron chi connectivity index (χ1n) is 4.35. The molecule has 0 unspecified atom stereocenters. The average molecular weight is 227 g/mol. The van der Waals surface area contributed by atoms with Gasteiger partial charge in [-0.2, -0.15) is 0 Å². The third-order valence-corrected chi connectivity index (χ3v) is 1.65. The highest BCUT2D eigenvalue weighted by Crippen LogP contribution is 2.07. The van der Waals surface area contributed by atoms with E-state index in [9.17, 15) is 19.7 Å². The maximum Gasteiger partial charge on any atom is 0.286 e. The fourth-order valence-electron chi connectivity index (χ4n) is 0.939. The highest BCUT2D eigenvalue weighted by Gasteiger charge is 2.15. The third-order valence-electron chi connectivity index (χ3n) is 1.65. The molecule has 0 bridgehead atoms. The molecule has 0 aliphatic heterocycles. The minimum atomic E-state index is -0.827. The zero-order valence-corrected chi connectivity index (χ0v) is 8.35. The van der Waals surface area contributed by atoms with Crippen molar-refractivity contribution in [3.8, 4) is 0 Å². The van der Waals surface area contributed by atoms with Crippen molar-refractivity contribution >= 4 is 11.6 Å². The van der Waals surface area contributed by atoms with Crippen LogP contribution in [0.5, 0.6) is 0 Å². The number of aromatic nitrogens is 1. The first-order valence-corrected chi connectivity index (χ1v) is 4.35. The summed E-state index contributed by atoms with van der Waals surface area (Å²) in [5.41, 5.74) is 0.508. The number of rotatable bonds is 4. The van der Waals surface area contributed by atoms with Crippen molar-refractivity contribution in [2.75, 3.05) is 6.61 Å². The van der Waals surface area contributed by atoms with Crippen molar-refractivity contribution in [1.82, 2.24) is 10.5 Å². The number of H-pyrrole nitrogens is 1. The van der Waals surface area contributed by atoms with Gasteiger partial charge in [0, 0.05) is 6.07 Å². The third kappa shape index (κ3) is 2.64. The van der Waals surface area contributed by atoms with E-state index in [1.54, 1.807) is 6.92 Å². The van der Waals surface area contributed by atoms with Crippen LogP contribution in [0.3, 0.4) is 0 Å². The van der Waals surface area contributed by atoms with Gasteiger partial charge in [0.25, 0.3) is 17.2 Å². The molecule has 0 aliphatic carbocycles. The smallest absolute Gasteiger partial charge is 0.286 e. The van der Waals surface area contributed by atoms with Gasteiger partial charge in [-0.25, -0.2) is 5.48 Å². The molecule has 0 aromatic carbocycles. The fraction of sp³-hybridized carbons (Fsp3) is 0.250. The number of nitro groups is 1. The molecule has 1 aromatic rings. The Kier molecular flexibility index (Phi) is 3.72. The van der Waals surface area contributed by atoms with Crippen LogP contribution < -0.4 is 11.0 Å². The molecule has 1 aromatic heterocycles. The number of nitrogens with zero attached hydrogens (tertiary/aromatic N) is 1. The van der Waals surface area contributed by atoms with Crippen LogP contribution in [0.25, 0.3) is 0 Å². The number of carbonyl (C=O) groups excluding carboxylic acids is 1. The van der Waals surface area contributed by atoms with E-state index in [1.807, 2.05) is 5.48 Å². The predicted molar refractivity (Wildman–Crippen MR) is 52.8 cm³/mol. The SMILES string of the molecule is CCONC(=O)c1cc([N+](=O)[O-])c[nH]c1=O. The Morgan fingerprint density at radius 2 is 2.38 bits per heavy atom. The molecule has 0 aliphatic rings. The molecule has 0 spiro atoms. The number of pyridine rings is 1. The number of amides is 1. The first kappa shape index (κ1) is 11.9. The Bertz CT molecular complexity index is 467. The van der Waals surface area contributed by atoms with E-state index in [0.29, 0.717) is 0 Å². The van der Waals surface area contributed by atoms with Crippen molar-refractivity contribution < 1.29 is 14.6 Å². The number of nitrogens with one attached hydrogen (secondary N) is 2. The van der Waals surface area contributed by atoms with E-state index >= 15 is 0 Å². The quantitative estimate of drug-likeness (QED) is 0.553. The minimum absolute atomic E-state index is 0.221. The maximum absolute atomic E-state index is 11.3. The van der Waals surface area contributed by atoms with Crippen LogP contribution in [0, 0.1) is 10.1 Å². The fourth-order valence-corrected chi connectivity index (χ4v) is 0.939. The van der Waals surface area contributed by atoms with E-state index < -0.39 is 16.4 Å². The number of carbonyl (C=O) groups is 1. The standard InChI is InChI=1S/C8H9N3O5/c1-2-16-10-8(13)6-3-5(11(14)15)4-9-7(6)12/h3-4H,2H2,1H3,(H,9,12)(H,10,13). The highest BCUT2D eigenvalue weighted by atomic mass is 16.6. The summed E-state index contributed by atoms with van der Waals surface area (Å²) >= 11 is 0. The lowest BCUT2D eigenvalue weighted by atomic mass is 10.2. The maximum atomic E-state index is 11.3. The van der Waals surface area contributed by atoms with Crippen LogP contribution >= 0.6 is 0 Å². The molecular formula is C8H9N3O5. The monoisotopic (exact) mass is 227 g/mol. The molecule has 86 valence electrons. The number of hydrogen-bond acceptors (Lipinski definition) is 5. The largest absolute Gasteiger partial charge is 0.322 e. The predicted octanol–water partition coefficient (Wildman–Crippen LogP) is -0.0356. The summed E-state index contributed by atoms with van der Waals surface area (Å²) in [6, 6.07) is 0.882. The van der Waals surface area contributed by atoms with Crippen LogP contribution in [0.15, 0.2) is 17.1 Å². The Hall–Kier alpha value is -2.22. The van der Waals surface area contributed by atoms with Gasteiger partial charge in [-0.05, 0) is 6.92 Å². The highest BCUT2D eigenvalue weighted by molar-refractivity contribution is 5.93. The normalized spacial score (nSPS) is 9.81. The molecular weight excluding hydrogens is 218 g/mol. The molecule has 2 N–H and O–H groups in total. The summed E-state index contributed by atoms with van der Waals surface area (Å²) in [6.45, 7) is 1.86. The van der Waals surface area contributed by atoms with E-state index in [-0.39, 0.29) is 17.9 Å². The van der Waals surface area contributed by atoms with Gasteiger partial charge >= 0.3 is 0 Å². The molecule has 0 saturated heterocycles. The molecule has 1 heterocycles. The number of hydroxylamine groups is 1. The Labute approximate surface area is 89.3 Å². The second-order valence-corrected chi connectivity index (χ2v) is 2.72. The summed E-state index contributed by atoms with van der Waals surface area (Å²) in [6.07, 6.45) is 0.916. The molecule has 8 heteroatoms. The van der Waals surface area contributed by atoms with Crippen molar-refractivity contribution in [2.24, 2.45) is 0 Å². The van der Waals surface area contributed by atoms with Crippen LogP contribution in [0.2, 0.25) is 0 Å². The van der Waals surface area contributed by atoms with Gasteiger partial charge < -0.3 is 4.98 Å². The topological polar surface area (TPSA) is 114 Å². The summed E-state index contributed by atoms with van der Waals surface area (Å²) in [5.74, 6) is -0.827. The van der Waals surface area contributed by atoms with Crippen molar-refractivity contribution in [3.63, 3.8) is 0 Å². The van der Waals surface area contributed by atoms with Crippen LogP contribution in [-0.2, 0) is 4.84 Å². The Balaban J connectivity index is 3.02. The summed E-state index contributed by atoms with van der Waals surface area (Å²) in [7, 11) is 0. The Morgan fingerprint density at radius 3 is 2.94 bits per heavy atom. The molecule has 0 fully saturated rings. The lowest BCUT2D eigenvalue weighted by molar-refractivity contribution is -0.385. The zero-order valence-electron chi connectivity index (χ0n) is 8.35. The van der Waals surface area contributed by atoms with Crippen molar-refractivity contribution in [2.45, 2.75) is 6.92 Å². The zero-order chi connectivity index (χ0) is 12.1. The molecule has 0 saturated carbocycles. The average Bonchev–Trinajstić information content (AvgIpc) is 2.26. The van der Waals surface area contributed by atoms with E-state index in [1.165, 1.54) is 0 Å². The molecule has 8 nitrogen and oxygen atoms in total. The Morgan fingerprint density at radius 1 is 1.69 bits per heavy atom. The summed E-state index contributed by atoms with van der Waals surface area (Å²) in [5, 5.41) is 10.4. The summed E-state index contributed by atoms with van der Waals surface area (Å²) < 4.78 is 0. The van der Waals surface area contributed by atoms with Gasteiger partial charge in [0.15, 0.2) is 0 Å². The molecule has 1 rings (SSSR count). The van der Waals surface area contributed by atoms with Gasteiger partial charge in [-0.1, -0.05) is 0 Å². The lowest BCUT2D eigenvalue weighted by Gasteiger charge is -2.02. The van der Waals surface area contributed by atoms with Gasteiger partial charge in [0.05, 0.1) is 17.7 Å². The number of aromatic amines is 1. The molecule has 16 heavy (non-hydrogen) atoms. The van der Waals surface area contributed by atoms with Gasteiger partial charge in [-0.15, -0.1) is 0 Å². The van der Waals surface area contributed by atoms with Crippen molar-refractivity contribution in [1.29, 1.82) is 0 Å². The van der Waals surface area contributed by atoms with E-state index in [0.717, 1.165) is 12.3 Å². The molecule has 0 atom stereocenters. The second-order valence-electron chi connectivity index (χ2n) is 2.72.